The highest BCUT2D eigenvalue weighted by atomic mass is 32.1. The lowest BCUT2D eigenvalue weighted by atomic mass is 10.1. The smallest absolute Gasteiger partial charge is 0.303 e. The molecule has 0 amide bonds. The number of ketones is 1. The molecule has 1 aromatic carbocycles. The first-order valence-corrected chi connectivity index (χ1v) is 7.37. The second-order valence-electron chi connectivity index (χ2n) is 4.68. The van der Waals surface area contributed by atoms with E-state index >= 15 is 0 Å². The molecule has 1 heterocycles. The number of hydrogen-bond donors (Lipinski definition) is 1. The molecule has 0 fully saturated rings. The Morgan fingerprint density at radius 3 is 2.36 bits per heavy atom. The van der Waals surface area contributed by atoms with Crippen molar-refractivity contribution in [2.24, 2.45) is 0 Å². The van der Waals surface area contributed by atoms with Crippen molar-refractivity contribution in [2.75, 3.05) is 14.2 Å². The number of carbonyl (C=O) groups is 2. The van der Waals surface area contributed by atoms with Gasteiger partial charge in [0.05, 0.1) is 19.1 Å². The number of aliphatic carboxylic acids is 1. The summed E-state index contributed by atoms with van der Waals surface area (Å²) >= 11 is 1.32. The van der Waals surface area contributed by atoms with E-state index < -0.39 is 5.97 Å². The number of hydrogen-bond acceptors (Lipinski definition) is 5. The number of benzene rings is 1. The van der Waals surface area contributed by atoms with E-state index in [-0.39, 0.29) is 18.6 Å². The number of carbonyl (C=O) groups excluding carboxylic acids is 1. The molecule has 0 spiro atoms. The van der Waals surface area contributed by atoms with Gasteiger partial charge < -0.3 is 14.6 Å². The monoisotopic (exact) mass is 320 g/mol. The molecule has 0 unspecified atom stereocenters. The van der Waals surface area contributed by atoms with Gasteiger partial charge in [0.1, 0.15) is 0 Å². The highest BCUT2D eigenvalue weighted by Crippen LogP contribution is 2.37. The van der Waals surface area contributed by atoms with Crippen LogP contribution in [-0.2, 0) is 4.79 Å². The van der Waals surface area contributed by atoms with Gasteiger partial charge in [-0.05, 0) is 29.5 Å². The van der Waals surface area contributed by atoms with Crippen LogP contribution in [0.3, 0.4) is 0 Å². The third-order valence-corrected chi connectivity index (χ3v) is 4.30. The summed E-state index contributed by atoms with van der Waals surface area (Å²) in [6, 6.07) is 5.38. The summed E-state index contributed by atoms with van der Waals surface area (Å²) in [5.74, 6) is 0.0252. The number of fused-ring (bicyclic) bond motifs is 1. The normalized spacial score (nSPS) is 10.5. The molecule has 0 radical (unpaired) electrons. The van der Waals surface area contributed by atoms with Gasteiger partial charge in [0.15, 0.2) is 17.3 Å². The standard InChI is InChI=1S/C16H16O5S/c1-9(4-5-15(17)18)16(19)14-7-10-6-11(20-2)12(21-3)8-13(10)22-14/h6-8H,1,4-5H2,2-3H3,(H,17,18). The number of Topliss-reactive ketones (excluding diaryl/α,β-unsaturated/α-hetero) is 1. The van der Waals surface area contributed by atoms with Gasteiger partial charge in [-0.1, -0.05) is 6.58 Å². The van der Waals surface area contributed by atoms with Crippen molar-refractivity contribution in [3.05, 3.63) is 35.2 Å². The second kappa shape index (κ2) is 6.62. The first kappa shape index (κ1) is 16.0. The fourth-order valence-electron chi connectivity index (χ4n) is 2.02. The van der Waals surface area contributed by atoms with E-state index in [0.29, 0.717) is 21.9 Å². The van der Waals surface area contributed by atoms with E-state index in [1.54, 1.807) is 20.3 Å². The zero-order valence-corrected chi connectivity index (χ0v) is 13.2. The lowest BCUT2D eigenvalue weighted by Gasteiger charge is -2.06. The summed E-state index contributed by atoms with van der Waals surface area (Å²) in [4.78, 5) is 23.4. The van der Waals surface area contributed by atoms with Gasteiger partial charge in [0.2, 0.25) is 0 Å². The molecule has 2 aromatic rings. The van der Waals surface area contributed by atoms with E-state index in [1.807, 2.05) is 12.1 Å². The summed E-state index contributed by atoms with van der Waals surface area (Å²) in [5, 5.41) is 9.54. The summed E-state index contributed by atoms with van der Waals surface area (Å²) in [7, 11) is 3.10. The maximum absolute atomic E-state index is 12.3. The molecule has 0 atom stereocenters. The van der Waals surface area contributed by atoms with Gasteiger partial charge in [-0.2, -0.15) is 0 Å². The summed E-state index contributed by atoms with van der Waals surface area (Å²) in [5.41, 5.74) is 0.299. The van der Waals surface area contributed by atoms with Crippen molar-refractivity contribution >= 4 is 33.2 Å². The zero-order valence-electron chi connectivity index (χ0n) is 12.3. The van der Waals surface area contributed by atoms with E-state index in [0.717, 1.165) is 10.1 Å². The molecular formula is C16H16O5S. The number of rotatable bonds is 7. The molecule has 2 rings (SSSR count). The number of allylic oxidation sites excluding steroid dienone is 1. The van der Waals surface area contributed by atoms with Crippen LogP contribution in [0, 0.1) is 0 Å². The van der Waals surface area contributed by atoms with E-state index in [2.05, 4.69) is 6.58 Å². The van der Waals surface area contributed by atoms with Gasteiger partial charge in [-0.15, -0.1) is 11.3 Å². The molecule has 0 saturated carbocycles. The van der Waals surface area contributed by atoms with Crippen LogP contribution in [0.2, 0.25) is 0 Å². The Balaban J connectivity index is 2.30. The van der Waals surface area contributed by atoms with Gasteiger partial charge >= 0.3 is 5.97 Å². The molecule has 0 bridgehead atoms. The van der Waals surface area contributed by atoms with Gasteiger partial charge in [-0.3, -0.25) is 9.59 Å². The number of methoxy groups -OCH3 is 2. The zero-order chi connectivity index (χ0) is 16.3. The molecule has 22 heavy (non-hydrogen) atoms. The van der Waals surface area contributed by atoms with E-state index in [9.17, 15) is 9.59 Å². The Kier molecular flexibility index (Phi) is 4.82. The maximum atomic E-state index is 12.3. The van der Waals surface area contributed by atoms with Gasteiger partial charge in [0.25, 0.3) is 0 Å². The third-order valence-electron chi connectivity index (χ3n) is 3.21. The van der Waals surface area contributed by atoms with Crippen molar-refractivity contribution in [1.82, 2.24) is 0 Å². The minimum Gasteiger partial charge on any atom is -0.493 e. The first-order chi connectivity index (χ1) is 10.5. The van der Waals surface area contributed by atoms with Crippen LogP contribution in [0.4, 0.5) is 0 Å². The molecule has 1 N–H and O–H groups in total. The van der Waals surface area contributed by atoms with E-state index in [4.69, 9.17) is 14.6 Å². The van der Waals surface area contributed by atoms with Crippen LogP contribution >= 0.6 is 11.3 Å². The Morgan fingerprint density at radius 1 is 1.14 bits per heavy atom. The van der Waals surface area contributed by atoms with Crippen LogP contribution in [0.1, 0.15) is 22.5 Å². The number of ether oxygens (including phenoxy) is 2. The molecule has 116 valence electrons. The lowest BCUT2D eigenvalue weighted by molar-refractivity contribution is -0.136. The molecule has 1 aromatic heterocycles. The lowest BCUT2D eigenvalue weighted by Crippen LogP contribution is -2.03. The average molecular weight is 320 g/mol. The van der Waals surface area contributed by atoms with Crippen molar-refractivity contribution in [1.29, 1.82) is 0 Å². The highest BCUT2D eigenvalue weighted by Gasteiger charge is 2.16. The minimum atomic E-state index is -0.945. The molecular weight excluding hydrogens is 304 g/mol. The Bertz CT molecular complexity index is 703. The summed E-state index contributed by atoms with van der Waals surface area (Å²) in [6.45, 7) is 3.68. The van der Waals surface area contributed by atoms with Crippen LogP contribution in [0.5, 0.6) is 11.5 Å². The van der Waals surface area contributed by atoms with Crippen LogP contribution in [0.15, 0.2) is 30.4 Å². The summed E-state index contributed by atoms with van der Waals surface area (Å²) in [6.07, 6.45) is 0.0478. The Morgan fingerprint density at radius 2 is 1.77 bits per heavy atom. The van der Waals surface area contributed by atoms with Crippen LogP contribution in [0.25, 0.3) is 10.1 Å². The SMILES string of the molecule is C=C(CCC(=O)O)C(=O)c1cc2cc(OC)c(OC)cc2s1. The fraction of sp³-hybridized carbons (Fsp3) is 0.250. The van der Waals surface area contributed by atoms with Crippen molar-refractivity contribution in [2.45, 2.75) is 12.8 Å². The molecule has 0 saturated heterocycles. The average Bonchev–Trinajstić information content (AvgIpc) is 2.92. The first-order valence-electron chi connectivity index (χ1n) is 6.56. The van der Waals surface area contributed by atoms with Crippen molar-refractivity contribution in [3.63, 3.8) is 0 Å². The largest absolute Gasteiger partial charge is 0.493 e. The van der Waals surface area contributed by atoms with Crippen LogP contribution in [-0.4, -0.2) is 31.1 Å². The third kappa shape index (κ3) is 3.28. The highest BCUT2D eigenvalue weighted by molar-refractivity contribution is 7.21. The quantitative estimate of drug-likeness (QED) is 0.624. The molecule has 0 aliphatic rings. The van der Waals surface area contributed by atoms with Crippen molar-refractivity contribution in [3.8, 4) is 11.5 Å². The predicted molar refractivity (Wildman–Crippen MR) is 85.3 cm³/mol. The minimum absolute atomic E-state index is 0.100. The predicted octanol–water partition coefficient (Wildman–Crippen LogP) is 3.52. The molecule has 0 aliphatic heterocycles. The molecule has 6 heteroatoms. The van der Waals surface area contributed by atoms with Crippen LogP contribution < -0.4 is 9.47 Å². The van der Waals surface area contributed by atoms with E-state index in [1.165, 1.54) is 11.3 Å². The molecule has 5 nitrogen and oxygen atoms in total. The number of carboxylic acids is 1. The Hall–Kier alpha value is -2.34. The van der Waals surface area contributed by atoms with Gasteiger partial charge in [-0.25, -0.2) is 0 Å². The second-order valence-corrected chi connectivity index (χ2v) is 5.77. The number of carboxylic acid groups (broad SMARTS) is 1. The Labute approximate surface area is 131 Å². The maximum Gasteiger partial charge on any atom is 0.303 e. The topological polar surface area (TPSA) is 72.8 Å². The fourth-order valence-corrected chi connectivity index (χ4v) is 3.09. The summed E-state index contributed by atoms with van der Waals surface area (Å²) < 4.78 is 11.4. The van der Waals surface area contributed by atoms with Crippen molar-refractivity contribution < 1.29 is 24.2 Å². The molecule has 0 aliphatic carbocycles. The van der Waals surface area contributed by atoms with Gasteiger partial charge in [0, 0.05) is 17.2 Å². The number of thiophene rings is 1.